The van der Waals surface area contributed by atoms with E-state index in [0.29, 0.717) is 16.5 Å². The van der Waals surface area contributed by atoms with Crippen LogP contribution < -0.4 is 10.5 Å². The maximum atomic E-state index is 6.07. The molecule has 0 saturated heterocycles. The molecule has 0 bridgehead atoms. The number of halogens is 1. The van der Waals surface area contributed by atoms with E-state index in [9.17, 15) is 0 Å². The molecule has 2 nitrogen and oxygen atoms in total. The standard InChI is InChI=1S/C14H10ClNOS/c15-12-7-10(16)2-4-13(12)17-11-3-1-9-5-6-18-14(9)8-11/h1-8H,16H2. The molecular formula is C14H10ClNOS. The van der Waals surface area contributed by atoms with Crippen LogP contribution in [0.4, 0.5) is 5.69 Å². The summed E-state index contributed by atoms with van der Waals surface area (Å²) in [4.78, 5) is 0. The highest BCUT2D eigenvalue weighted by Crippen LogP contribution is 2.33. The first-order valence-corrected chi connectivity index (χ1v) is 6.68. The van der Waals surface area contributed by atoms with E-state index >= 15 is 0 Å². The van der Waals surface area contributed by atoms with Crippen molar-refractivity contribution in [2.45, 2.75) is 0 Å². The number of fused-ring (bicyclic) bond motifs is 1. The molecule has 0 atom stereocenters. The molecule has 90 valence electrons. The van der Waals surface area contributed by atoms with Crippen molar-refractivity contribution in [3.05, 3.63) is 52.9 Å². The molecule has 0 aliphatic carbocycles. The second-order valence-corrected chi connectivity index (χ2v) is 5.27. The zero-order chi connectivity index (χ0) is 12.5. The minimum atomic E-state index is 0.515. The van der Waals surface area contributed by atoms with Gasteiger partial charge >= 0.3 is 0 Å². The quantitative estimate of drug-likeness (QED) is 0.673. The Balaban J connectivity index is 1.95. The SMILES string of the molecule is Nc1ccc(Oc2ccc3ccsc3c2)c(Cl)c1. The maximum absolute atomic E-state index is 6.07. The Labute approximate surface area is 114 Å². The fraction of sp³-hybridized carbons (Fsp3) is 0. The molecule has 4 heteroatoms. The molecule has 0 aliphatic rings. The summed E-state index contributed by atoms with van der Waals surface area (Å²) in [6.45, 7) is 0. The summed E-state index contributed by atoms with van der Waals surface area (Å²) in [5.74, 6) is 1.39. The second kappa shape index (κ2) is 4.52. The molecule has 0 unspecified atom stereocenters. The number of hydrogen-bond acceptors (Lipinski definition) is 3. The van der Waals surface area contributed by atoms with Gasteiger partial charge in [0.1, 0.15) is 11.5 Å². The molecular weight excluding hydrogens is 266 g/mol. The fourth-order valence-electron chi connectivity index (χ4n) is 1.73. The van der Waals surface area contributed by atoms with Crippen molar-refractivity contribution in [3.63, 3.8) is 0 Å². The molecule has 0 radical (unpaired) electrons. The highest BCUT2D eigenvalue weighted by Gasteiger charge is 2.04. The van der Waals surface area contributed by atoms with Gasteiger partial charge in [-0.25, -0.2) is 0 Å². The molecule has 3 rings (SSSR count). The zero-order valence-electron chi connectivity index (χ0n) is 9.39. The maximum Gasteiger partial charge on any atom is 0.146 e. The molecule has 0 saturated carbocycles. The van der Waals surface area contributed by atoms with Gasteiger partial charge in [0.2, 0.25) is 0 Å². The molecule has 18 heavy (non-hydrogen) atoms. The van der Waals surface area contributed by atoms with Gasteiger partial charge in [0.25, 0.3) is 0 Å². The lowest BCUT2D eigenvalue weighted by Crippen LogP contribution is -1.88. The summed E-state index contributed by atoms with van der Waals surface area (Å²) in [5.41, 5.74) is 6.27. The number of anilines is 1. The van der Waals surface area contributed by atoms with Crippen molar-refractivity contribution < 1.29 is 4.74 Å². The molecule has 0 amide bonds. The van der Waals surface area contributed by atoms with Gasteiger partial charge in [-0.1, -0.05) is 11.6 Å². The molecule has 0 fully saturated rings. The van der Waals surface area contributed by atoms with Gasteiger partial charge in [0.05, 0.1) is 5.02 Å². The van der Waals surface area contributed by atoms with E-state index in [1.165, 1.54) is 10.1 Å². The fourth-order valence-corrected chi connectivity index (χ4v) is 2.77. The van der Waals surface area contributed by atoms with Crippen molar-refractivity contribution in [2.24, 2.45) is 0 Å². The summed E-state index contributed by atoms with van der Waals surface area (Å²) in [5, 5.41) is 3.79. The Kier molecular flexibility index (Phi) is 2.86. The van der Waals surface area contributed by atoms with E-state index in [1.54, 1.807) is 29.5 Å². The summed E-state index contributed by atoms with van der Waals surface area (Å²) < 4.78 is 6.95. The van der Waals surface area contributed by atoms with Crippen LogP contribution in [0.3, 0.4) is 0 Å². The molecule has 2 N–H and O–H groups in total. The molecule has 1 heterocycles. The van der Waals surface area contributed by atoms with E-state index in [4.69, 9.17) is 22.1 Å². The number of benzene rings is 2. The van der Waals surface area contributed by atoms with Gasteiger partial charge in [-0.3, -0.25) is 0 Å². The van der Waals surface area contributed by atoms with Gasteiger partial charge in [-0.05, 0) is 53.2 Å². The monoisotopic (exact) mass is 275 g/mol. The Morgan fingerprint density at radius 2 is 1.94 bits per heavy atom. The third-order valence-electron chi connectivity index (χ3n) is 2.61. The summed E-state index contributed by atoms with van der Waals surface area (Å²) >= 11 is 7.76. The Bertz CT molecular complexity index is 708. The van der Waals surface area contributed by atoms with Gasteiger partial charge in [0.15, 0.2) is 0 Å². The predicted molar refractivity (Wildman–Crippen MR) is 77.8 cm³/mol. The smallest absolute Gasteiger partial charge is 0.146 e. The lowest BCUT2D eigenvalue weighted by Gasteiger charge is -2.08. The lowest BCUT2D eigenvalue weighted by atomic mass is 10.2. The van der Waals surface area contributed by atoms with Crippen LogP contribution >= 0.6 is 22.9 Å². The first-order chi connectivity index (χ1) is 8.72. The van der Waals surface area contributed by atoms with Crippen LogP contribution in [0, 0.1) is 0 Å². The van der Waals surface area contributed by atoms with Crippen molar-refractivity contribution in [3.8, 4) is 11.5 Å². The van der Waals surface area contributed by atoms with Crippen LogP contribution in [0.15, 0.2) is 47.8 Å². The van der Waals surface area contributed by atoms with Crippen LogP contribution in [-0.2, 0) is 0 Å². The third-order valence-corrected chi connectivity index (χ3v) is 3.79. The first kappa shape index (κ1) is 11.4. The largest absolute Gasteiger partial charge is 0.456 e. The number of rotatable bonds is 2. The Morgan fingerprint density at radius 1 is 1.06 bits per heavy atom. The minimum absolute atomic E-state index is 0.515. The minimum Gasteiger partial charge on any atom is -0.456 e. The average molecular weight is 276 g/mol. The van der Waals surface area contributed by atoms with Crippen molar-refractivity contribution in [1.82, 2.24) is 0 Å². The van der Waals surface area contributed by atoms with Crippen LogP contribution in [0.5, 0.6) is 11.5 Å². The lowest BCUT2D eigenvalue weighted by molar-refractivity contribution is 0.484. The highest BCUT2D eigenvalue weighted by atomic mass is 35.5. The molecule has 3 aromatic rings. The van der Waals surface area contributed by atoms with Crippen LogP contribution in [0.1, 0.15) is 0 Å². The number of thiophene rings is 1. The zero-order valence-corrected chi connectivity index (χ0v) is 11.0. The Hall–Kier alpha value is -1.71. The normalized spacial score (nSPS) is 10.7. The predicted octanol–water partition coefficient (Wildman–Crippen LogP) is 4.93. The summed E-state index contributed by atoms with van der Waals surface area (Å²) in [7, 11) is 0. The number of nitrogen functional groups attached to an aromatic ring is 1. The topological polar surface area (TPSA) is 35.2 Å². The van der Waals surface area contributed by atoms with E-state index in [1.807, 2.05) is 18.2 Å². The van der Waals surface area contributed by atoms with Crippen molar-refractivity contribution in [2.75, 3.05) is 5.73 Å². The van der Waals surface area contributed by atoms with Crippen LogP contribution in [-0.4, -0.2) is 0 Å². The first-order valence-electron chi connectivity index (χ1n) is 5.42. The van der Waals surface area contributed by atoms with Gasteiger partial charge < -0.3 is 10.5 Å². The molecule has 0 spiro atoms. The second-order valence-electron chi connectivity index (χ2n) is 3.91. The average Bonchev–Trinajstić information content (AvgIpc) is 2.80. The van der Waals surface area contributed by atoms with Crippen LogP contribution in [0.25, 0.3) is 10.1 Å². The molecule has 1 aromatic heterocycles. The number of hydrogen-bond donors (Lipinski definition) is 1. The number of ether oxygens (including phenoxy) is 1. The highest BCUT2D eigenvalue weighted by molar-refractivity contribution is 7.17. The van der Waals surface area contributed by atoms with Crippen molar-refractivity contribution >= 4 is 38.7 Å². The molecule has 2 aromatic carbocycles. The number of nitrogens with two attached hydrogens (primary N) is 1. The van der Waals surface area contributed by atoms with E-state index in [2.05, 4.69) is 11.4 Å². The van der Waals surface area contributed by atoms with E-state index in [0.717, 1.165) is 5.75 Å². The third kappa shape index (κ3) is 2.15. The van der Waals surface area contributed by atoms with E-state index in [-0.39, 0.29) is 0 Å². The Morgan fingerprint density at radius 3 is 2.78 bits per heavy atom. The van der Waals surface area contributed by atoms with E-state index < -0.39 is 0 Å². The van der Waals surface area contributed by atoms with Gasteiger partial charge in [0, 0.05) is 10.4 Å². The van der Waals surface area contributed by atoms with Gasteiger partial charge in [-0.15, -0.1) is 11.3 Å². The summed E-state index contributed by atoms with van der Waals surface area (Å²) in [6, 6.07) is 13.3. The van der Waals surface area contributed by atoms with Gasteiger partial charge in [-0.2, -0.15) is 0 Å². The molecule has 0 aliphatic heterocycles. The van der Waals surface area contributed by atoms with Crippen molar-refractivity contribution in [1.29, 1.82) is 0 Å². The van der Waals surface area contributed by atoms with Crippen LogP contribution in [0.2, 0.25) is 5.02 Å². The summed E-state index contributed by atoms with van der Waals surface area (Å²) in [6.07, 6.45) is 0.